The van der Waals surface area contributed by atoms with Crippen molar-refractivity contribution >= 4 is 11.9 Å². The van der Waals surface area contributed by atoms with E-state index >= 15 is 0 Å². The molecule has 6 heteroatoms. The summed E-state index contributed by atoms with van der Waals surface area (Å²) in [4.78, 5) is 24.9. The molecule has 0 radical (unpaired) electrons. The van der Waals surface area contributed by atoms with Crippen molar-refractivity contribution in [2.75, 3.05) is 19.7 Å². The van der Waals surface area contributed by atoms with Gasteiger partial charge in [-0.15, -0.1) is 0 Å². The normalized spacial score (nSPS) is 21.1. The summed E-state index contributed by atoms with van der Waals surface area (Å²) in [5.41, 5.74) is 3.10. The highest BCUT2D eigenvalue weighted by atomic mass is 16.5. The highest BCUT2D eigenvalue weighted by Gasteiger charge is 2.32. The van der Waals surface area contributed by atoms with E-state index in [1.807, 2.05) is 32.9 Å². The molecule has 0 saturated carbocycles. The number of aliphatic carboxylic acids is 1. The average molecular weight is 321 g/mol. The standard InChI is InChI=1S/C17H23NO5/c1-10-5-11(2)16(12(3)6-10)22-9-15(19)18-7-13(4)23-14(8-18)17(20)21/h5-6,13-14H,7-9H2,1-4H3,(H,20,21)/t13-,14?/m1/s1. The smallest absolute Gasteiger partial charge is 0.334 e. The number of aryl methyl sites for hydroxylation is 3. The summed E-state index contributed by atoms with van der Waals surface area (Å²) in [6.45, 7) is 7.96. The second kappa shape index (κ2) is 7.00. The van der Waals surface area contributed by atoms with E-state index in [2.05, 4.69) is 0 Å². The van der Waals surface area contributed by atoms with E-state index in [1.165, 1.54) is 4.90 Å². The molecule has 6 nitrogen and oxygen atoms in total. The summed E-state index contributed by atoms with van der Waals surface area (Å²) < 4.78 is 11.0. The molecule has 0 aliphatic carbocycles. The van der Waals surface area contributed by atoms with E-state index in [9.17, 15) is 9.59 Å². The molecule has 1 N–H and O–H groups in total. The summed E-state index contributed by atoms with van der Waals surface area (Å²) >= 11 is 0. The van der Waals surface area contributed by atoms with Gasteiger partial charge in [0.15, 0.2) is 12.7 Å². The highest BCUT2D eigenvalue weighted by Crippen LogP contribution is 2.24. The second-order valence-corrected chi connectivity index (χ2v) is 6.09. The van der Waals surface area contributed by atoms with Crippen molar-refractivity contribution in [1.29, 1.82) is 0 Å². The number of morpholine rings is 1. The van der Waals surface area contributed by atoms with Gasteiger partial charge in [-0.2, -0.15) is 0 Å². The zero-order valence-corrected chi connectivity index (χ0v) is 14.0. The minimum atomic E-state index is -1.06. The molecule has 1 fully saturated rings. The Morgan fingerprint density at radius 1 is 1.26 bits per heavy atom. The maximum atomic E-state index is 12.3. The zero-order valence-electron chi connectivity index (χ0n) is 14.0. The van der Waals surface area contributed by atoms with Gasteiger partial charge in [0.25, 0.3) is 5.91 Å². The summed E-state index contributed by atoms with van der Waals surface area (Å²) in [5, 5.41) is 9.07. The van der Waals surface area contributed by atoms with Crippen LogP contribution < -0.4 is 4.74 Å². The van der Waals surface area contributed by atoms with Crippen LogP contribution in [0.4, 0.5) is 0 Å². The first kappa shape index (κ1) is 17.3. The first-order valence-corrected chi connectivity index (χ1v) is 7.64. The number of hydrogen-bond donors (Lipinski definition) is 1. The molecular formula is C17H23NO5. The molecule has 1 amide bonds. The molecule has 2 rings (SSSR count). The van der Waals surface area contributed by atoms with Gasteiger partial charge in [0.2, 0.25) is 0 Å². The highest BCUT2D eigenvalue weighted by molar-refractivity contribution is 5.80. The first-order valence-electron chi connectivity index (χ1n) is 7.64. The Balaban J connectivity index is 2.01. The van der Waals surface area contributed by atoms with Gasteiger partial charge >= 0.3 is 5.97 Å². The minimum Gasteiger partial charge on any atom is -0.483 e. The van der Waals surface area contributed by atoms with Crippen LogP contribution in [0, 0.1) is 20.8 Å². The Morgan fingerprint density at radius 2 is 1.87 bits per heavy atom. The van der Waals surface area contributed by atoms with Crippen molar-refractivity contribution in [3.05, 3.63) is 28.8 Å². The summed E-state index contributed by atoms with van der Waals surface area (Å²) in [5.74, 6) is -0.577. The van der Waals surface area contributed by atoms with Crippen molar-refractivity contribution in [2.45, 2.75) is 39.9 Å². The predicted octanol–water partition coefficient (Wildman–Crippen LogP) is 1.69. The van der Waals surface area contributed by atoms with E-state index in [4.69, 9.17) is 14.6 Å². The maximum Gasteiger partial charge on any atom is 0.334 e. The number of carboxylic acids is 1. The number of amides is 1. The minimum absolute atomic E-state index is 0.0493. The lowest BCUT2D eigenvalue weighted by Gasteiger charge is -2.34. The van der Waals surface area contributed by atoms with Crippen molar-refractivity contribution in [1.82, 2.24) is 4.90 Å². The molecule has 0 bridgehead atoms. The van der Waals surface area contributed by atoms with Gasteiger partial charge in [-0.05, 0) is 38.8 Å². The fourth-order valence-corrected chi connectivity index (χ4v) is 2.91. The number of carboxylic acid groups (broad SMARTS) is 1. The molecule has 126 valence electrons. The Labute approximate surface area is 136 Å². The molecule has 1 aromatic rings. The van der Waals surface area contributed by atoms with E-state index < -0.39 is 12.1 Å². The van der Waals surface area contributed by atoms with E-state index in [-0.39, 0.29) is 25.2 Å². The van der Waals surface area contributed by atoms with Crippen molar-refractivity contribution < 1.29 is 24.2 Å². The number of carbonyl (C=O) groups excluding carboxylic acids is 1. The second-order valence-electron chi connectivity index (χ2n) is 6.09. The van der Waals surface area contributed by atoms with E-state index in [0.29, 0.717) is 12.3 Å². The molecule has 23 heavy (non-hydrogen) atoms. The lowest BCUT2D eigenvalue weighted by molar-refractivity contribution is -0.167. The molecule has 1 aromatic carbocycles. The van der Waals surface area contributed by atoms with E-state index in [1.54, 1.807) is 6.92 Å². The molecule has 2 atom stereocenters. The molecular weight excluding hydrogens is 298 g/mol. The lowest BCUT2D eigenvalue weighted by Crippen LogP contribution is -2.52. The number of nitrogens with zero attached hydrogens (tertiary/aromatic N) is 1. The molecule has 1 saturated heterocycles. The first-order chi connectivity index (χ1) is 10.8. The number of rotatable bonds is 4. The fraction of sp³-hybridized carbons (Fsp3) is 0.529. The zero-order chi connectivity index (χ0) is 17.1. The molecule has 1 heterocycles. The molecule has 1 aliphatic rings. The van der Waals surface area contributed by atoms with Crippen LogP contribution in [0.2, 0.25) is 0 Å². The van der Waals surface area contributed by atoms with Gasteiger partial charge in [-0.3, -0.25) is 4.79 Å². The van der Waals surface area contributed by atoms with E-state index in [0.717, 1.165) is 16.7 Å². The molecule has 0 spiro atoms. The lowest BCUT2D eigenvalue weighted by atomic mass is 10.1. The van der Waals surface area contributed by atoms with Gasteiger partial charge in [0.05, 0.1) is 12.6 Å². The van der Waals surface area contributed by atoms with Crippen LogP contribution in [0.25, 0.3) is 0 Å². The number of ether oxygens (including phenoxy) is 2. The van der Waals surface area contributed by atoms with Crippen molar-refractivity contribution in [2.24, 2.45) is 0 Å². The number of hydrogen-bond acceptors (Lipinski definition) is 4. The summed E-state index contributed by atoms with van der Waals surface area (Å²) in [7, 11) is 0. The fourth-order valence-electron chi connectivity index (χ4n) is 2.91. The monoisotopic (exact) mass is 321 g/mol. The van der Waals surface area contributed by atoms with Gasteiger partial charge in [0.1, 0.15) is 5.75 Å². The third kappa shape index (κ3) is 4.22. The van der Waals surface area contributed by atoms with Crippen LogP contribution in [-0.4, -0.2) is 53.8 Å². The molecule has 1 unspecified atom stereocenters. The molecule has 0 aromatic heterocycles. The third-order valence-corrected chi connectivity index (χ3v) is 3.83. The Bertz CT molecular complexity index is 590. The summed E-state index contributed by atoms with van der Waals surface area (Å²) in [6, 6.07) is 4.01. The van der Waals surface area contributed by atoms with Gasteiger partial charge in [-0.25, -0.2) is 4.79 Å². The number of carbonyl (C=O) groups is 2. The largest absolute Gasteiger partial charge is 0.483 e. The third-order valence-electron chi connectivity index (χ3n) is 3.83. The topological polar surface area (TPSA) is 76.1 Å². The Morgan fingerprint density at radius 3 is 2.43 bits per heavy atom. The SMILES string of the molecule is Cc1cc(C)c(OCC(=O)N2CC(C(=O)O)O[C@H](C)C2)c(C)c1. The average Bonchev–Trinajstić information content (AvgIpc) is 2.45. The van der Waals surface area contributed by atoms with Crippen molar-refractivity contribution in [3.8, 4) is 5.75 Å². The Kier molecular flexibility index (Phi) is 5.26. The predicted molar refractivity (Wildman–Crippen MR) is 84.7 cm³/mol. The van der Waals surface area contributed by atoms with Crippen LogP contribution in [0.3, 0.4) is 0 Å². The number of benzene rings is 1. The van der Waals surface area contributed by atoms with Crippen LogP contribution in [0.5, 0.6) is 5.75 Å². The quantitative estimate of drug-likeness (QED) is 0.913. The van der Waals surface area contributed by atoms with Gasteiger partial charge in [-0.1, -0.05) is 17.7 Å². The van der Waals surface area contributed by atoms with Crippen LogP contribution in [-0.2, 0) is 14.3 Å². The van der Waals surface area contributed by atoms with Gasteiger partial charge < -0.3 is 19.5 Å². The van der Waals surface area contributed by atoms with Gasteiger partial charge in [0, 0.05) is 6.54 Å². The maximum absolute atomic E-state index is 12.3. The summed E-state index contributed by atoms with van der Waals surface area (Å²) in [6.07, 6.45) is -1.29. The van der Waals surface area contributed by atoms with Crippen LogP contribution >= 0.6 is 0 Å². The Hall–Kier alpha value is -2.08. The van der Waals surface area contributed by atoms with Crippen molar-refractivity contribution in [3.63, 3.8) is 0 Å². The van der Waals surface area contributed by atoms with Crippen LogP contribution in [0.15, 0.2) is 12.1 Å². The van der Waals surface area contributed by atoms with Crippen LogP contribution in [0.1, 0.15) is 23.6 Å². The molecule has 1 aliphatic heterocycles.